The van der Waals surface area contributed by atoms with E-state index < -0.39 is 11.9 Å². The number of nitrogens with zero attached hydrogens (tertiary/aromatic N) is 1. The molecule has 0 unspecified atom stereocenters. The predicted octanol–water partition coefficient (Wildman–Crippen LogP) is 2.91. The number of carbonyl (C=O) groups is 2. The number of rotatable bonds is 4. The van der Waals surface area contributed by atoms with Crippen LogP contribution >= 0.6 is 0 Å². The molecule has 1 aromatic carbocycles. The van der Waals surface area contributed by atoms with Crippen LogP contribution in [0.2, 0.25) is 0 Å². The number of carbonyl (C=O) groups excluding carboxylic acids is 1. The van der Waals surface area contributed by atoms with Crippen LogP contribution in [0.3, 0.4) is 0 Å². The average molecular weight is 311 g/mol. The Labute approximate surface area is 131 Å². The molecule has 2 heterocycles. The number of ether oxygens (including phenoxy) is 1. The second-order valence-corrected chi connectivity index (χ2v) is 4.94. The smallest absolute Gasteiger partial charge is 0.357 e. The first-order valence-electron chi connectivity index (χ1n) is 6.86. The summed E-state index contributed by atoms with van der Waals surface area (Å²) in [6.45, 7) is 0. The third kappa shape index (κ3) is 2.91. The van der Waals surface area contributed by atoms with E-state index >= 15 is 0 Å². The lowest BCUT2D eigenvalue weighted by molar-refractivity contribution is -0.136. The van der Waals surface area contributed by atoms with Crippen molar-refractivity contribution in [3.05, 3.63) is 53.9 Å². The van der Waals surface area contributed by atoms with Gasteiger partial charge in [-0.05, 0) is 35.9 Å². The van der Waals surface area contributed by atoms with E-state index in [0.29, 0.717) is 22.5 Å². The van der Waals surface area contributed by atoms with Crippen LogP contribution < -0.4 is 0 Å². The summed E-state index contributed by atoms with van der Waals surface area (Å²) in [6.07, 6.45) is 1.44. The van der Waals surface area contributed by atoms with Gasteiger partial charge in [0, 0.05) is 11.6 Å². The molecule has 0 fully saturated rings. The van der Waals surface area contributed by atoms with E-state index in [2.05, 4.69) is 4.98 Å². The Morgan fingerprint density at radius 3 is 2.83 bits per heavy atom. The van der Waals surface area contributed by atoms with E-state index in [1.54, 1.807) is 36.4 Å². The molecule has 3 aromatic rings. The van der Waals surface area contributed by atoms with Crippen LogP contribution in [-0.2, 0) is 16.0 Å². The zero-order valence-corrected chi connectivity index (χ0v) is 12.3. The molecule has 0 spiro atoms. The van der Waals surface area contributed by atoms with Gasteiger partial charge >= 0.3 is 11.9 Å². The van der Waals surface area contributed by atoms with Gasteiger partial charge in [-0.3, -0.25) is 4.79 Å². The number of aromatic nitrogens is 1. The van der Waals surface area contributed by atoms with Crippen molar-refractivity contribution in [2.24, 2.45) is 0 Å². The topological polar surface area (TPSA) is 89.6 Å². The van der Waals surface area contributed by atoms with Gasteiger partial charge in [0.15, 0.2) is 5.69 Å². The molecule has 0 atom stereocenters. The monoisotopic (exact) mass is 311 g/mol. The number of hydrogen-bond donors (Lipinski definition) is 1. The summed E-state index contributed by atoms with van der Waals surface area (Å²) < 4.78 is 10.5. The zero-order chi connectivity index (χ0) is 16.4. The van der Waals surface area contributed by atoms with Crippen LogP contribution in [0.5, 0.6) is 0 Å². The minimum absolute atomic E-state index is 0.0588. The first-order valence-corrected chi connectivity index (χ1v) is 6.86. The minimum Gasteiger partial charge on any atom is -0.481 e. The number of hydrogen-bond acceptors (Lipinski definition) is 5. The van der Waals surface area contributed by atoms with Crippen LogP contribution in [0.15, 0.2) is 47.0 Å². The fourth-order valence-electron chi connectivity index (χ4n) is 2.37. The highest BCUT2D eigenvalue weighted by Crippen LogP contribution is 2.30. The molecule has 0 saturated heterocycles. The lowest BCUT2D eigenvalue weighted by Gasteiger charge is -2.03. The maximum atomic E-state index is 11.8. The molecule has 23 heavy (non-hydrogen) atoms. The van der Waals surface area contributed by atoms with Crippen molar-refractivity contribution in [3.8, 4) is 11.3 Å². The number of fused-ring (bicyclic) bond motifs is 1. The van der Waals surface area contributed by atoms with Crippen LogP contribution in [0.4, 0.5) is 0 Å². The van der Waals surface area contributed by atoms with Gasteiger partial charge in [-0.25, -0.2) is 9.78 Å². The first-order chi connectivity index (χ1) is 11.1. The maximum Gasteiger partial charge on any atom is 0.357 e. The molecule has 0 bridgehead atoms. The Morgan fingerprint density at radius 1 is 1.26 bits per heavy atom. The van der Waals surface area contributed by atoms with Crippen molar-refractivity contribution < 1.29 is 23.8 Å². The summed E-state index contributed by atoms with van der Waals surface area (Å²) in [7, 11) is 1.29. The highest BCUT2D eigenvalue weighted by atomic mass is 16.5. The summed E-state index contributed by atoms with van der Waals surface area (Å²) >= 11 is 0. The van der Waals surface area contributed by atoms with Crippen molar-refractivity contribution >= 4 is 22.9 Å². The molecule has 0 aliphatic rings. The number of carboxylic acids is 1. The molecule has 3 rings (SSSR count). The molecule has 0 aliphatic heterocycles. The number of methoxy groups -OCH3 is 1. The van der Waals surface area contributed by atoms with E-state index in [4.69, 9.17) is 14.3 Å². The fraction of sp³-hybridized carbons (Fsp3) is 0.118. The van der Waals surface area contributed by atoms with E-state index in [1.165, 1.54) is 13.3 Å². The van der Waals surface area contributed by atoms with Crippen LogP contribution in [-0.4, -0.2) is 29.1 Å². The molecular formula is C17H13NO5. The minimum atomic E-state index is -0.895. The van der Waals surface area contributed by atoms with Gasteiger partial charge in [-0.2, -0.15) is 0 Å². The van der Waals surface area contributed by atoms with Gasteiger partial charge in [0.1, 0.15) is 11.3 Å². The van der Waals surface area contributed by atoms with Gasteiger partial charge in [0.05, 0.1) is 19.1 Å². The van der Waals surface area contributed by atoms with E-state index in [0.717, 1.165) is 5.39 Å². The Bertz CT molecular complexity index is 897. The molecule has 6 nitrogen and oxygen atoms in total. The van der Waals surface area contributed by atoms with Gasteiger partial charge in [-0.15, -0.1) is 0 Å². The van der Waals surface area contributed by atoms with E-state index in [1.807, 2.05) is 0 Å². The van der Waals surface area contributed by atoms with Gasteiger partial charge in [0.2, 0.25) is 0 Å². The van der Waals surface area contributed by atoms with Crippen molar-refractivity contribution in [2.75, 3.05) is 7.11 Å². The highest BCUT2D eigenvalue weighted by Gasteiger charge is 2.17. The lowest BCUT2D eigenvalue weighted by atomic mass is 10.1. The third-order valence-corrected chi connectivity index (χ3v) is 3.39. The lowest BCUT2D eigenvalue weighted by Crippen LogP contribution is -2.05. The number of esters is 1. The van der Waals surface area contributed by atoms with Crippen molar-refractivity contribution in [2.45, 2.75) is 6.42 Å². The molecule has 1 N–H and O–H groups in total. The molecule has 0 radical (unpaired) electrons. The summed E-state index contributed by atoms with van der Waals surface area (Å²) in [5.41, 5.74) is 1.97. The van der Waals surface area contributed by atoms with Crippen LogP contribution in [0.1, 0.15) is 16.1 Å². The summed E-state index contributed by atoms with van der Waals surface area (Å²) in [4.78, 5) is 26.6. The molecule has 0 saturated carbocycles. The Hall–Kier alpha value is -3.15. The number of aliphatic carboxylic acids is 1. The number of pyridine rings is 1. The Balaban J connectivity index is 2.08. The van der Waals surface area contributed by atoms with Crippen molar-refractivity contribution in [1.82, 2.24) is 4.98 Å². The van der Waals surface area contributed by atoms with Crippen molar-refractivity contribution in [1.29, 1.82) is 0 Å². The number of furan rings is 1. The molecular weight excluding hydrogens is 298 g/mol. The van der Waals surface area contributed by atoms with Gasteiger partial charge in [-0.1, -0.05) is 6.07 Å². The van der Waals surface area contributed by atoms with E-state index in [9.17, 15) is 9.59 Å². The maximum absolute atomic E-state index is 11.8. The standard InChI is InChI=1S/C17H13NO5/c1-22-17(21)16-12(3-2-6-18-16)14-9-11-7-10(8-15(19)20)4-5-13(11)23-14/h2-7,9H,8H2,1H3,(H,19,20). The highest BCUT2D eigenvalue weighted by molar-refractivity contribution is 5.96. The first kappa shape index (κ1) is 14.8. The average Bonchev–Trinajstić information content (AvgIpc) is 2.96. The molecule has 0 amide bonds. The normalized spacial score (nSPS) is 10.7. The molecule has 116 valence electrons. The summed E-state index contributed by atoms with van der Waals surface area (Å²) in [5, 5.41) is 9.63. The van der Waals surface area contributed by atoms with Gasteiger partial charge in [0.25, 0.3) is 0 Å². The van der Waals surface area contributed by atoms with E-state index in [-0.39, 0.29) is 12.1 Å². The molecule has 2 aromatic heterocycles. The summed E-state index contributed by atoms with van der Waals surface area (Å²) in [5.74, 6) is -0.970. The van der Waals surface area contributed by atoms with Crippen molar-refractivity contribution in [3.63, 3.8) is 0 Å². The Morgan fingerprint density at radius 2 is 2.09 bits per heavy atom. The quantitative estimate of drug-likeness (QED) is 0.745. The number of benzene rings is 1. The number of carboxylic acid groups (broad SMARTS) is 1. The largest absolute Gasteiger partial charge is 0.481 e. The second kappa shape index (κ2) is 5.92. The zero-order valence-electron chi connectivity index (χ0n) is 12.3. The predicted molar refractivity (Wildman–Crippen MR) is 82.1 cm³/mol. The molecule has 6 heteroatoms. The summed E-state index contributed by atoms with van der Waals surface area (Å²) in [6, 6.07) is 10.3. The van der Waals surface area contributed by atoms with Gasteiger partial charge < -0.3 is 14.3 Å². The van der Waals surface area contributed by atoms with Crippen LogP contribution in [0, 0.1) is 0 Å². The molecule has 0 aliphatic carbocycles. The van der Waals surface area contributed by atoms with Crippen LogP contribution in [0.25, 0.3) is 22.3 Å². The second-order valence-electron chi connectivity index (χ2n) is 4.94. The SMILES string of the molecule is COC(=O)c1ncccc1-c1cc2cc(CC(=O)O)ccc2o1. The fourth-order valence-corrected chi connectivity index (χ4v) is 2.37. The Kier molecular flexibility index (Phi) is 3.80. The third-order valence-electron chi connectivity index (χ3n) is 3.39.